The number of benzene rings is 2. The van der Waals surface area contributed by atoms with Crippen molar-refractivity contribution in [2.75, 3.05) is 0 Å². The van der Waals surface area contributed by atoms with E-state index in [2.05, 4.69) is 13.8 Å². The molecule has 0 atom stereocenters. The minimum atomic E-state index is -0.913. The van der Waals surface area contributed by atoms with Gasteiger partial charge in [-0.3, -0.25) is 0 Å². The Bertz CT molecular complexity index is 608. The molecule has 0 fully saturated rings. The zero-order valence-corrected chi connectivity index (χ0v) is 11.7. The van der Waals surface area contributed by atoms with E-state index < -0.39 is 5.97 Å². The van der Waals surface area contributed by atoms with Gasteiger partial charge >= 0.3 is 5.97 Å². The fraction of sp³-hybridized carbons (Fsp3) is 0.167. The molecule has 0 amide bonds. The van der Waals surface area contributed by atoms with E-state index >= 15 is 0 Å². The van der Waals surface area contributed by atoms with Gasteiger partial charge in [-0.25, -0.2) is 4.79 Å². The van der Waals surface area contributed by atoms with Crippen molar-refractivity contribution in [2.24, 2.45) is 0 Å². The van der Waals surface area contributed by atoms with E-state index in [1.165, 1.54) is 5.56 Å². The Morgan fingerprint density at radius 2 is 1.60 bits per heavy atom. The molecule has 2 nitrogen and oxygen atoms in total. The van der Waals surface area contributed by atoms with Gasteiger partial charge in [0.05, 0.1) is 5.57 Å². The number of hydrogen-bond donors (Lipinski definition) is 1. The second-order valence-corrected chi connectivity index (χ2v) is 5.05. The maximum absolute atomic E-state index is 11.4. The van der Waals surface area contributed by atoms with Crippen molar-refractivity contribution >= 4 is 17.6 Å². The number of carboxylic acid groups (broad SMARTS) is 1. The van der Waals surface area contributed by atoms with Gasteiger partial charge in [0.25, 0.3) is 0 Å². The molecule has 102 valence electrons. The molecular formula is C18H18O2. The van der Waals surface area contributed by atoms with E-state index in [9.17, 15) is 9.90 Å². The van der Waals surface area contributed by atoms with Crippen molar-refractivity contribution in [1.29, 1.82) is 0 Å². The highest BCUT2D eigenvalue weighted by Crippen LogP contribution is 2.20. The first-order valence-corrected chi connectivity index (χ1v) is 6.68. The SMILES string of the molecule is CC(C)c1ccc(/C=C(/C(=O)O)c2ccccc2)cc1. The summed E-state index contributed by atoms with van der Waals surface area (Å²) in [7, 11) is 0. The van der Waals surface area contributed by atoms with Crippen LogP contribution in [-0.2, 0) is 4.79 Å². The zero-order valence-electron chi connectivity index (χ0n) is 11.7. The molecule has 2 aromatic carbocycles. The first kappa shape index (κ1) is 14.1. The van der Waals surface area contributed by atoms with Crippen LogP contribution in [0.1, 0.15) is 36.5 Å². The molecule has 0 saturated carbocycles. The van der Waals surface area contributed by atoms with Gasteiger partial charge < -0.3 is 5.11 Å². The van der Waals surface area contributed by atoms with Crippen molar-refractivity contribution in [2.45, 2.75) is 19.8 Å². The Kier molecular flexibility index (Phi) is 4.36. The molecule has 0 unspecified atom stereocenters. The maximum atomic E-state index is 11.4. The average molecular weight is 266 g/mol. The molecule has 0 aromatic heterocycles. The summed E-state index contributed by atoms with van der Waals surface area (Å²) in [6.45, 7) is 4.27. The third-order valence-electron chi connectivity index (χ3n) is 3.23. The van der Waals surface area contributed by atoms with Gasteiger partial charge in [0, 0.05) is 0 Å². The van der Waals surface area contributed by atoms with E-state index in [0.717, 1.165) is 5.56 Å². The number of carboxylic acids is 1. The lowest BCUT2D eigenvalue weighted by Crippen LogP contribution is -1.99. The van der Waals surface area contributed by atoms with Crippen LogP contribution in [-0.4, -0.2) is 11.1 Å². The maximum Gasteiger partial charge on any atom is 0.336 e. The molecule has 2 heteroatoms. The second-order valence-electron chi connectivity index (χ2n) is 5.05. The first-order valence-electron chi connectivity index (χ1n) is 6.68. The molecule has 0 aliphatic rings. The molecule has 0 bridgehead atoms. The van der Waals surface area contributed by atoms with Crippen molar-refractivity contribution in [3.05, 3.63) is 71.3 Å². The molecule has 0 aliphatic heterocycles. The lowest BCUT2D eigenvalue weighted by atomic mass is 9.99. The predicted octanol–water partition coefficient (Wildman–Crippen LogP) is 4.44. The molecule has 2 rings (SSSR count). The topological polar surface area (TPSA) is 37.3 Å². The minimum absolute atomic E-state index is 0.308. The standard InChI is InChI=1S/C18H18O2/c1-13(2)15-10-8-14(9-11-15)12-17(18(19)20)16-6-4-3-5-7-16/h3-13H,1-2H3,(H,19,20)/b17-12+. The van der Waals surface area contributed by atoms with Gasteiger partial charge in [0.1, 0.15) is 0 Å². The molecule has 1 N–H and O–H groups in total. The molecule has 0 aliphatic carbocycles. The highest BCUT2D eigenvalue weighted by molar-refractivity contribution is 6.20. The third-order valence-corrected chi connectivity index (χ3v) is 3.23. The second kappa shape index (κ2) is 6.20. The average Bonchev–Trinajstić information content (AvgIpc) is 2.46. The van der Waals surface area contributed by atoms with Crippen LogP contribution in [0.25, 0.3) is 11.6 Å². The van der Waals surface area contributed by atoms with Crippen LogP contribution in [0, 0.1) is 0 Å². The summed E-state index contributed by atoms with van der Waals surface area (Å²) in [4.78, 5) is 11.4. The van der Waals surface area contributed by atoms with Gasteiger partial charge in [-0.15, -0.1) is 0 Å². The Balaban J connectivity index is 2.37. The summed E-state index contributed by atoms with van der Waals surface area (Å²) in [5, 5.41) is 9.36. The van der Waals surface area contributed by atoms with Crippen molar-refractivity contribution in [3.8, 4) is 0 Å². The van der Waals surface area contributed by atoms with Crippen LogP contribution in [0.4, 0.5) is 0 Å². The summed E-state index contributed by atoms with van der Waals surface area (Å²) in [5.41, 5.74) is 3.17. The normalized spacial score (nSPS) is 11.7. The summed E-state index contributed by atoms with van der Waals surface area (Å²) in [6.07, 6.45) is 1.71. The molecule has 0 spiro atoms. The summed E-state index contributed by atoms with van der Waals surface area (Å²) < 4.78 is 0. The lowest BCUT2D eigenvalue weighted by molar-refractivity contribution is -0.130. The summed E-state index contributed by atoms with van der Waals surface area (Å²) in [5.74, 6) is -0.440. The third kappa shape index (κ3) is 3.35. The Morgan fingerprint density at radius 3 is 2.10 bits per heavy atom. The summed E-state index contributed by atoms with van der Waals surface area (Å²) >= 11 is 0. The van der Waals surface area contributed by atoms with Crippen LogP contribution in [0.2, 0.25) is 0 Å². The molecule has 2 aromatic rings. The Morgan fingerprint density at radius 1 is 1.00 bits per heavy atom. The van der Waals surface area contributed by atoms with Gasteiger partial charge in [-0.1, -0.05) is 68.4 Å². The summed E-state index contributed by atoms with van der Waals surface area (Å²) in [6, 6.07) is 17.2. The highest BCUT2D eigenvalue weighted by Gasteiger charge is 2.09. The van der Waals surface area contributed by atoms with Crippen LogP contribution in [0.3, 0.4) is 0 Å². The van der Waals surface area contributed by atoms with Crippen LogP contribution >= 0.6 is 0 Å². The molecule has 0 saturated heterocycles. The lowest BCUT2D eigenvalue weighted by Gasteiger charge is -2.06. The Hall–Kier alpha value is -2.35. The monoisotopic (exact) mass is 266 g/mol. The number of rotatable bonds is 4. The first-order chi connectivity index (χ1) is 9.58. The fourth-order valence-electron chi connectivity index (χ4n) is 2.03. The van der Waals surface area contributed by atoms with E-state index in [1.54, 1.807) is 6.08 Å². The van der Waals surface area contributed by atoms with E-state index in [-0.39, 0.29) is 0 Å². The van der Waals surface area contributed by atoms with Crippen LogP contribution in [0.15, 0.2) is 54.6 Å². The van der Waals surface area contributed by atoms with Crippen molar-refractivity contribution in [3.63, 3.8) is 0 Å². The molecule has 20 heavy (non-hydrogen) atoms. The van der Waals surface area contributed by atoms with E-state index in [1.807, 2.05) is 54.6 Å². The number of aliphatic carboxylic acids is 1. The molecule has 0 heterocycles. The quantitative estimate of drug-likeness (QED) is 0.656. The van der Waals surface area contributed by atoms with Crippen molar-refractivity contribution in [1.82, 2.24) is 0 Å². The van der Waals surface area contributed by atoms with Crippen LogP contribution < -0.4 is 0 Å². The zero-order chi connectivity index (χ0) is 14.5. The smallest absolute Gasteiger partial charge is 0.336 e. The van der Waals surface area contributed by atoms with Gasteiger partial charge in [-0.2, -0.15) is 0 Å². The fourth-order valence-corrected chi connectivity index (χ4v) is 2.03. The molecule has 0 radical (unpaired) electrons. The number of hydrogen-bond acceptors (Lipinski definition) is 1. The predicted molar refractivity (Wildman–Crippen MR) is 82.5 cm³/mol. The van der Waals surface area contributed by atoms with Gasteiger partial charge in [-0.05, 0) is 28.7 Å². The van der Waals surface area contributed by atoms with Crippen molar-refractivity contribution < 1.29 is 9.90 Å². The molecular weight excluding hydrogens is 248 g/mol. The largest absolute Gasteiger partial charge is 0.478 e. The van der Waals surface area contributed by atoms with Gasteiger partial charge in [0.15, 0.2) is 0 Å². The van der Waals surface area contributed by atoms with Crippen LogP contribution in [0.5, 0.6) is 0 Å². The van der Waals surface area contributed by atoms with E-state index in [0.29, 0.717) is 17.1 Å². The minimum Gasteiger partial charge on any atom is -0.478 e. The Labute approximate surface area is 119 Å². The highest BCUT2D eigenvalue weighted by atomic mass is 16.4. The number of carbonyl (C=O) groups is 1. The van der Waals surface area contributed by atoms with Gasteiger partial charge in [0.2, 0.25) is 0 Å². The van der Waals surface area contributed by atoms with E-state index in [4.69, 9.17) is 0 Å².